The Hall–Kier alpha value is -2.71. The van der Waals surface area contributed by atoms with Crippen molar-refractivity contribution in [1.29, 1.82) is 0 Å². The Morgan fingerprint density at radius 1 is 1.41 bits per heavy atom. The zero-order valence-corrected chi connectivity index (χ0v) is 13.0. The van der Waals surface area contributed by atoms with Crippen molar-refractivity contribution in [2.24, 2.45) is 7.05 Å². The smallest absolute Gasteiger partial charge is 0.320 e. The van der Waals surface area contributed by atoms with Crippen LogP contribution in [0.15, 0.2) is 12.4 Å². The van der Waals surface area contributed by atoms with Crippen molar-refractivity contribution in [2.75, 3.05) is 7.05 Å². The van der Waals surface area contributed by atoms with Gasteiger partial charge in [-0.05, 0) is 13.8 Å². The molecule has 1 amide bonds. The Kier molecular flexibility index (Phi) is 4.25. The van der Waals surface area contributed by atoms with Crippen molar-refractivity contribution in [2.45, 2.75) is 26.9 Å². The SMILES string of the molecule is CCn1ncc(CN(C)C(=O)c2c([N+](=O)[O-])cnn2C)c1C. The highest BCUT2D eigenvalue weighted by atomic mass is 16.6. The molecule has 0 saturated heterocycles. The predicted molar refractivity (Wildman–Crippen MR) is 78.3 cm³/mol. The first kappa shape index (κ1) is 15.7. The second kappa shape index (κ2) is 5.96. The number of hydrogen-bond acceptors (Lipinski definition) is 5. The largest absolute Gasteiger partial charge is 0.336 e. The number of carbonyl (C=O) groups excluding carboxylic acids is 1. The topological polar surface area (TPSA) is 99.1 Å². The minimum absolute atomic E-state index is 0.0342. The molecule has 0 saturated carbocycles. The molecule has 2 rings (SSSR count). The number of hydrogen-bond donors (Lipinski definition) is 0. The Bertz CT molecular complexity index is 717. The summed E-state index contributed by atoms with van der Waals surface area (Å²) < 4.78 is 3.06. The lowest BCUT2D eigenvalue weighted by molar-refractivity contribution is -0.385. The van der Waals surface area contributed by atoms with E-state index in [1.165, 1.54) is 16.6 Å². The molecular weight excluding hydrogens is 288 g/mol. The van der Waals surface area contributed by atoms with E-state index in [-0.39, 0.29) is 11.4 Å². The number of amides is 1. The van der Waals surface area contributed by atoms with Crippen LogP contribution in [0.25, 0.3) is 0 Å². The molecule has 22 heavy (non-hydrogen) atoms. The van der Waals surface area contributed by atoms with Gasteiger partial charge >= 0.3 is 5.69 Å². The summed E-state index contributed by atoms with van der Waals surface area (Å²) in [7, 11) is 3.11. The molecule has 9 nitrogen and oxygen atoms in total. The average Bonchev–Trinajstić information content (AvgIpc) is 3.02. The molecule has 2 aromatic rings. The highest BCUT2D eigenvalue weighted by molar-refractivity contribution is 5.96. The summed E-state index contributed by atoms with van der Waals surface area (Å²) >= 11 is 0. The monoisotopic (exact) mass is 306 g/mol. The van der Waals surface area contributed by atoms with Gasteiger partial charge in [-0.2, -0.15) is 10.2 Å². The van der Waals surface area contributed by atoms with Gasteiger partial charge in [0.05, 0.1) is 11.1 Å². The average molecular weight is 306 g/mol. The molecule has 0 spiro atoms. The van der Waals surface area contributed by atoms with Crippen LogP contribution in [0.4, 0.5) is 5.69 Å². The van der Waals surface area contributed by atoms with Gasteiger partial charge in [-0.3, -0.25) is 24.3 Å². The van der Waals surface area contributed by atoms with Crippen LogP contribution in [0.5, 0.6) is 0 Å². The van der Waals surface area contributed by atoms with E-state index in [4.69, 9.17) is 0 Å². The molecular formula is C13H18N6O3. The maximum Gasteiger partial charge on any atom is 0.320 e. The molecule has 0 aliphatic heterocycles. The molecule has 2 aromatic heterocycles. The Balaban J connectivity index is 2.24. The lowest BCUT2D eigenvalue weighted by Crippen LogP contribution is -2.29. The highest BCUT2D eigenvalue weighted by Crippen LogP contribution is 2.19. The number of nitrogens with zero attached hydrogens (tertiary/aromatic N) is 6. The van der Waals surface area contributed by atoms with Gasteiger partial charge in [0.15, 0.2) is 0 Å². The van der Waals surface area contributed by atoms with E-state index in [1.54, 1.807) is 13.2 Å². The Morgan fingerprint density at radius 3 is 2.64 bits per heavy atom. The second-order valence-electron chi connectivity index (χ2n) is 4.99. The fourth-order valence-corrected chi connectivity index (χ4v) is 2.27. The van der Waals surface area contributed by atoms with Crippen LogP contribution in [-0.2, 0) is 20.1 Å². The second-order valence-corrected chi connectivity index (χ2v) is 4.99. The van der Waals surface area contributed by atoms with Crippen molar-refractivity contribution < 1.29 is 9.72 Å². The van der Waals surface area contributed by atoms with E-state index in [9.17, 15) is 14.9 Å². The molecule has 0 unspecified atom stereocenters. The zero-order chi connectivity index (χ0) is 16.4. The Labute approximate surface area is 127 Å². The summed E-state index contributed by atoms with van der Waals surface area (Å²) in [6, 6.07) is 0. The lowest BCUT2D eigenvalue weighted by Gasteiger charge is -2.16. The number of rotatable bonds is 5. The normalized spacial score (nSPS) is 10.7. The standard InChI is InChI=1S/C13H18N6O3/c1-5-18-9(2)10(6-15-18)8-16(3)13(20)12-11(19(21)22)7-14-17(12)4/h6-7H,5,8H2,1-4H3. The van der Waals surface area contributed by atoms with Gasteiger partial charge in [-0.25, -0.2) is 0 Å². The summed E-state index contributed by atoms with van der Waals surface area (Å²) in [5, 5.41) is 19.0. The molecule has 9 heteroatoms. The minimum atomic E-state index is -0.603. The number of nitro groups is 1. The molecule has 0 bridgehead atoms. The summed E-state index contributed by atoms with van der Waals surface area (Å²) in [6.07, 6.45) is 2.79. The third kappa shape index (κ3) is 2.69. The van der Waals surface area contributed by atoms with Crippen molar-refractivity contribution in [3.05, 3.63) is 39.5 Å². The van der Waals surface area contributed by atoms with Crippen molar-refractivity contribution in [3.63, 3.8) is 0 Å². The Morgan fingerprint density at radius 2 is 2.09 bits per heavy atom. The fourth-order valence-electron chi connectivity index (χ4n) is 2.27. The van der Waals surface area contributed by atoms with Crippen molar-refractivity contribution >= 4 is 11.6 Å². The lowest BCUT2D eigenvalue weighted by atomic mass is 10.2. The number of aryl methyl sites for hydroxylation is 2. The number of carbonyl (C=O) groups is 1. The highest BCUT2D eigenvalue weighted by Gasteiger charge is 2.28. The number of aromatic nitrogens is 4. The van der Waals surface area contributed by atoms with Crippen LogP contribution < -0.4 is 0 Å². The summed E-state index contributed by atoms with van der Waals surface area (Å²) in [4.78, 5) is 24.3. The van der Waals surface area contributed by atoms with E-state index in [0.717, 1.165) is 24.0 Å². The quantitative estimate of drug-likeness (QED) is 0.609. The van der Waals surface area contributed by atoms with E-state index in [2.05, 4.69) is 10.2 Å². The third-order valence-electron chi connectivity index (χ3n) is 3.58. The van der Waals surface area contributed by atoms with Crippen LogP contribution in [0.1, 0.15) is 28.7 Å². The first-order chi connectivity index (χ1) is 10.4. The first-order valence-electron chi connectivity index (χ1n) is 6.79. The van der Waals surface area contributed by atoms with Gasteiger partial charge in [0.2, 0.25) is 5.69 Å². The van der Waals surface area contributed by atoms with Crippen LogP contribution in [0.3, 0.4) is 0 Å². The molecule has 0 N–H and O–H groups in total. The molecule has 0 radical (unpaired) electrons. The van der Waals surface area contributed by atoms with Crippen LogP contribution in [-0.4, -0.2) is 42.3 Å². The fraction of sp³-hybridized carbons (Fsp3) is 0.462. The molecule has 0 aromatic carbocycles. The zero-order valence-electron chi connectivity index (χ0n) is 13.0. The summed E-state index contributed by atoms with van der Waals surface area (Å²) in [5.74, 6) is -0.449. The van der Waals surface area contributed by atoms with Crippen molar-refractivity contribution in [1.82, 2.24) is 24.5 Å². The third-order valence-corrected chi connectivity index (χ3v) is 3.58. The molecule has 0 atom stereocenters. The maximum atomic E-state index is 12.5. The molecule has 0 aliphatic carbocycles. The van der Waals surface area contributed by atoms with E-state index >= 15 is 0 Å². The summed E-state index contributed by atoms with van der Waals surface area (Å²) in [5.41, 5.74) is 1.55. The van der Waals surface area contributed by atoms with Crippen LogP contribution in [0, 0.1) is 17.0 Å². The van der Waals surface area contributed by atoms with Crippen LogP contribution >= 0.6 is 0 Å². The van der Waals surface area contributed by atoms with Gasteiger partial charge in [-0.1, -0.05) is 0 Å². The van der Waals surface area contributed by atoms with Crippen LogP contribution in [0.2, 0.25) is 0 Å². The van der Waals surface area contributed by atoms with Crippen molar-refractivity contribution in [3.8, 4) is 0 Å². The summed E-state index contributed by atoms with van der Waals surface area (Å²) in [6.45, 7) is 4.98. The van der Waals surface area contributed by atoms with E-state index in [0.29, 0.717) is 6.54 Å². The predicted octanol–water partition coefficient (Wildman–Crippen LogP) is 1.13. The maximum absolute atomic E-state index is 12.5. The molecule has 0 fully saturated rings. The van der Waals surface area contributed by atoms with Gasteiger partial charge in [-0.15, -0.1) is 0 Å². The van der Waals surface area contributed by atoms with E-state index < -0.39 is 10.8 Å². The molecule has 2 heterocycles. The van der Waals surface area contributed by atoms with Gasteiger partial charge < -0.3 is 4.90 Å². The van der Waals surface area contributed by atoms with Gasteiger partial charge in [0, 0.05) is 38.4 Å². The van der Waals surface area contributed by atoms with E-state index in [1.807, 2.05) is 18.5 Å². The first-order valence-corrected chi connectivity index (χ1v) is 6.79. The van der Waals surface area contributed by atoms with Gasteiger partial charge in [0.25, 0.3) is 5.91 Å². The molecule has 0 aliphatic rings. The molecule has 118 valence electrons. The van der Waals surface area contributed by atoms with Gasteiger partial charge in [0.1, 0.15) is 6.20 Å². The minimum Gasteiger partial charge on any atom is -0.336 e.